The van der Waals surface area contributed by atoms with Gasteiger partial charge in [0.25, 0.3) is 5.92 Å². The van der Waals surface area contributed by atoms with Crippen molar-refractivity contribution in [3.05, 3.63) is 89.8 Å². The highest BCUT2D eigenvalue weighted by molar-refractivity contribution is 5.72. The Balaban J connectivity index is 1.34. The molecule has 0 amide bonds. The number of rotatable bonds is 11. The van der Waals surface area contributed by atoms with E-state index in [0.717, 1.165) is 24.5 Å². The molecule has 3 aromatic rings. The molecule has 0 saturated carbocycles. The van der Waals surface area contributed by atoms with Gasteiger partial charge in [-0.1, -0.05) is 49.4 Å². The van der Waals surface area contributed by atoms with Gasteiger partial charge >= 0.3 is 0 Å². The van der Waals surface area contributed by atoms with Crippen molar-refractivity contribution in [3.63, 3.8) is 0 Å². The first-order valence-corrected chi connectivity index (χ1v) is 13.8. The zero-order chi connectivity index (χ0) is 28.7. The Labute approximate surface area is 232 Å². The summed E-state index contributed by atoms with van der Waals surface area (Å²) in [6.07, 6.45) is 6.78. The summed E-state index contributed by atoms with van der Waals surface area (Å²) < 4.78 is 84.8. The first-order chi connectivity index (χ1) is 19.2. The second-order valence-corrected chi connectivity index (χ2v) is 10.2. The van der Waals surface area contributed by atoms with Gasteiger partial charge in [0.1, 0.15) is 11.6 Å². The second-order valence-electron chi connectivity index (χ2n) is 10.2. The van der Waals surface area contributed by atoms with Crippen LogP contribution in [-0.2, 0) is 11.2 Å². The molecule has 1 heterocycles. The Kier molecular flexibility index (Phi) is 10.0. The summed E-state index contributed by atoms with van der Waals surface area (Å²) in [7, 11) is 0. The van der Waals surface area contributed by atoms with Gasteiger partial charge in [0.15, 0.2) is 11.6 Å². The normalized spacial score (nSPS) is 17.9. The molecule has 7 heteroatoms. The molecule has 1 fully saturated rings. The van der Waals surface area contributed by atoms with Crippen molar-refractivity contribution < 1.29 is 31.4 Å². The fourth-order valence-electron chi connectivity index (χ4n) is 5.03. The second kappa shape index (κ2) is 13.4. The molecule has 4 rings (SSSR count). The largest absolute Gasteiger partial charge is 0.490 e. The van der Waals surface area contributed by atoms with Crippen molar-refractivity contribution in [1.29, 1.82) is 0 Å². The molecule has 0 bridgehead atoms. The highest BCUT2D eigenvalue weighted by atomic mass is 19.3. The first kappa shape index (κ1) is 29.8. The van der Waals surface area contributed by atoms with Gasteiger partial charge in [-0.3, -0.25) is 0 Å². The van der Waals surface area contributed by atoms with Crippen LogP contribution in [0.1, 0.15) is 51.5 Å². The van der Waals surface area contributed by atoms with Crippen LogP contribution in [0.5, 0.6) is 5.75 Å². The van der Waals surface area contributed by atoms with Gasteiger partial charge in [0, 0.05) is 23.5 Å². The van der Waals surface area contributed by atoms with Gasteiger partial charge in [-0.05, 0) is 80.0 Å². The number of hydrogen-bond acceptors (Lipinski definition) is 2. The molecule has 0 N–H and O–H groups in total. The van der Waals surface area contributed by atoms with Crippen LogP contribution in [0.25, 0.3) is 22.3 Å². The van der Waals surface area contributed by atoms with Crippen molar-refractivity contribution in [2.45, 2.75) is 64.4 Å². The molecule has 214 valence electrons. The van der Waals surface area contributed by atoms with Gasteiger partial charge in [0.05, 0.1) is 19.3 Å². The maximum Gasteiger partial charge on any atom is 0.256 e. The predicted octanol–water partition coefficient (Wildman–Crippen LogP) is 9.56. The number of ether oxygens (including phenoxy) is 2. The summed E-state index contributed by atoms with van der Waals surface area (Å²) in [6.45, 7) is 3.49. The fourth-order valence-corrected chi connectivity index (χ4v) is 5.03. The molecular weight excluding hydrogens is 523 g/mol. The summed E-state index contributed by atoms with van der Waals surface area (Å²) in [6, 6.07) is 13.0. The van der Waals surface area contributed by atoms with E-state index >= 15 is 0 Å². The van der Waals surface area contributed by atoms with Crippen molar-refractivity contribution in [1.82, 2.24) is 0 Å². The molecule has 1 aliphatic rings. The molecular formula is C33H35F5O2. The van der Waals surface area contributed by atoms with Crippen LogP contribution in [0, 0.1) is 23.4 Å². The summed E-state index contributed by atoms with van der Waals surface area (Å²) in [5.41, 5.74) is 1.87. The Hall–Kier alpha value is -3.19. The minimum absolute atomic E-state index is 0.00154. The molecule has 2 unspecified atom stereocenters. The fraction of sp³-hybridized carbons (Fsp3) is 0.394. The van der Waals surface area contributed by atoms with Gasteiger partial charge in [-0.25, -0.2) is 22.0 Å². The van der Waals surface area contributed by atoms with Crippen LogP contribution in [0.4, 0.5) is 22.0 Å². The molecule has 0 aromatic heterocycles. The maximum atomic E-state index is 15.0. The molecule has 3 aromatic carbocycles. The predicted molar refractivity (Wildman–Crippen MR) is 148 cm³/mol. The van der Waals surface area contributed by atoms with Crippen LogP contribution in [0.15, 0.2) is 66.7 Å². The Morgan fingerprint density at radius 3 is 2.17 bits per heavy atom. The van der Waals surface area contributed by atoms with E-state index in [2.05, 4.69) is 0 Å². The lowest BCUT2D eigenvalue weighted by Gasteiger charge is -2.33. The molecule has 1 aliphatic heterocycles. The molecule has 0 radical (unpaired) electrons. The third-order valence-corrected chi connectivity index (χ3v) is 7.52. The lowest BCUT2D eigenvalue weighted by Crippen LogP contribution is -2.38. The average molecular weight is 559 g/mol. The Morgan fingerprint density at radius 2 is 1.57 bits per heavy atom. The summed E-state index contributed by atoms with van der Waals surface area (Å²) in [5, 5.41) is 0. The monoisotopic (exact) mass is 558 g/mol. The number of allylic oxidation sites excluding steroid dienone is 2. The highest BCUT2D eigenvalue weighted by Crippen LogP contribution is 2.37. The number of halogens is 5. The van der Waals surface area contributed by atoms with E-state index < -0.39 is 35.7 Å². The quantitative estimate of drug-likeness (QED) is 0.172. The van der Waals surface area contributed by atoms with E-state index in [1.54, 1.807) is 18.2 Å². The molecule has 0 aliphatic carbocycles. The molecule has 2 atom stereocenters. The minimum Gasteiger partial charge on any atom is -0.490 e. The number of benzene rings is 3. The lowest BCUT2D eigenvalue weighted by atomic mass is 9.90. The zero-order valence-corrected chi connectivity index (χ0v) is 22.9. The standard InChI is InChI=1S/C33H35F5O2/c1-3-5-6-7-26-12-11-25(21-40-26)33(37,38)16-17-39-32-15-10-24(20-31(32)36)28-14-9-23(19-30(28)35)27-13-8-22(4-2)18-29(27)34/h3,5,8-10,13-15,18-20,25-26H,4,6-7,11-12,16-17,21H2,1-2H3. The summed E-state index contributed by atoms with van der Waals surface area (Å²) >= 11 is 0. The molecule has 0 spiro atoms. The van der Waals surface area contributed by atoms with Crippen molar-refractivity contribution in [2.75, 3.05) is 13.2 Å². The van der Waals surface area contributed by atoms with E-state index in [1.165, 1.54) is 30.3 Å². The third-order valence-electron chi connectivity index (χ3n) is 7.52. The van der Waals surface area contributed by atoms with E-state index in [-0.39, 0.29) is 41.8 Å². The van der Waals surface area contributed by atoms with Gasteiger partial charge in [0.2, 0.25) is 0 Å². The minimum atomic E-state index is -2.99. The topological polar surface area (TPSA) is 18.5 Å². The van der Waals surface area contributed by atoms with E-state index in [1.807, 2.05) is 26.0 Å². The smallest absolute Gasteiger partial charge is 0.256 e. The highest BCUT2D eigenvalue weighted by Gasteiger charge is 2.41. The van der Waals surface area contributed by atoms with Gasteiger partial charge in [-0.15, -0.1) is 0 Å². The Morgan fingerprint density at radius 1 is 0.900 bits per heavy atom. The van der Waals surface area contributed by atoms with Crippen LogP contribution in [0.2, 0.25) is 0 Å². The first-order valence-electron chi connectivity index (χ1n) is 13.8. The molecule has 1 saturated heterocycles. The number of aryl methyl sites for hydroxylation is 1. The number of hydrogen-bond donors (Lipinski definition) is 0. The Bertz CT molecular complexity index is 1310. The van der Waals surface area contributed by atoms with Crippen molar-refractivity contribution in [3.8, 4) is 28.0 Å². The lowest BCUT2D eigenvalue weighted by molar-refractivity contribution is -0.135. The van der Waals surface area contributed by atoms with Crippen LogP contribution in [-0.4, -0.2) is 25.2 Å². The van der Waals surface area contributed by atoms with Crippen molar-refractivity contribution >= 4 is 0 Å². The SMILES string of the molecule is CC=CCCC1CCC(C(F)(F)CCOc2ccc(-c3ccc(-c4ccc(CC)cc4F)cc3F)cc2F)CO1. The van der Waals surface area contributed by atoms with Crippen LogP contribution >= 0.6 is 0 Å². The zero-order valence-electron chi connectivity index (χ0n) is 22.9. The van der Waals surface area contributed by atoms with Gasteiger partial charge < -0.3 is 9.47 Å². The van der Waals surface area contributed by atoms with E-state index in [0.29, 0.717) is 24.8 Å². The van der Waals surface area contributed by atoms with E-state index in [4.69, 9.17) is 9.47 Å². The van der Waals surface area contributed by atoms with E-state index in [9.17, 15) is 22.0 Å². The van der Waals surface area contributed by atoms with Crippen LogP contribution in [0.3, 0.4) is 0 Å². The third kappa shape index (κ3) is 7.30. The maximum absolute atomic E-state index is 15.0. The number of alkyl halides is 2. The average Bonchev–Trinajstić information content (AvgIpc) is 2.94. The van der Waals surface area contributed by atoms with Gasteiger partial charge in [-0.2, -0.15) is 0 Å². The van der Waals surface area contributed by atoms with Crippen LogP contribution < -0.4 is 4.74 Å². The summed E-state index contributed by atoms with van der Waals surface area (Å²) in [5.74, 6) is -5.93. The molecule has 2 nitrogen and oxygen atoms in total. The van der Waals surface area contributed by atoms with Crippen molar-refractivity contribution in [2.24, 2.45) is 5.92 Å². The molecule has 40 heavy (non-hydrogen) atoms. The summed E-state index contributed by atoms with van der Waals surface area (Å²) in [4.78, 5) is 0.